The quantitative estimate of drug-likeness (QED) is 0.907. The van der Waals surface area contributed by atoms with E-state index in [0.29, 0.717) is 11.4 Å². The van der Waals surface area contributed by atoms with E-state index in [9.17, 15) is 13.2 Å². The highest BCUT2D eigenvalue weighted by Gasteiger charge is 2.35. The van der Waals surface area contributed by atoms with Crippen LogP contribution >= 0.6 is 0 Å². The standard InChI is InChI=1S/C15H22N2O4S/c1-10(2)11(3)16-15(18)14-9-17(22(4,19)20)12-7-5-6-8-13(12)21-14/h5-8,10-11,14H,9H2,1-4H3,(H,16,18). The van der Waals surface area contributed by atoms with Gasteiger partial charge in [-0.1, -0.05) is 26.0 Å². The normalized spacial score (nSPS) is 19.3. The zero-order chi connectivity index (χ0) is 16.5. The van der Waals surface area contributed by atoms with E-state index in [4.69, 9.17) is 4.74 Å². The van der Waals surface area contributed by atoms with Crippen molar-refractivity contribution in [1.29, 1.82) is 0 Å². The van der Waals surface area contributed by atoms with Gasteiger partial charge in [-0.3, -0.25) is 9.10 Å². The SMILES string of the molecule is CC(C)C(C)NC(=O)C1CN(S(C)(=O)=O)c2ccccc2O1. The number of hydrogen-bond acceptors (Lipinski definition) is 4. The largest absolute Gasteiger partial charge is 0.476 e. The van der Waals surface area contributed by atoms with E-state index >= 15 is 0 Å². The summed E-state index contributed by atoms with van der Waals surface area (Å²) in [5.74, 6) is 0.381. The topological polar surface area (TPSA) is 75.7 Å². The number of benzene rings is 1. The van der Waals surface area contributed by atoms with Crippen LogP contribution in [0.25, 0.3) is 0 Å². The molecule has 0 fully saturated rings. The van der Waals surface area contributed by atoms with Gasteiger partial charge in [-0.05, 0) is 25.0 Å². The second kappa shape index (κ2) is 6.16. The van der Waals surface area contributed by atoms with Crippen LogP contribution in [0.1, 0.15) is 20.8 Å². The molecule has 1 N–H and O–H groups in total. The molecule has 0 radical (unpaired) electrons. The van der Waals surface area contributed by atoms with Gasteiger partial charge in [0.1, 0.15) is 5.75 Å². The molecule has 22 heavy (non-hydrogen) atoms. The fourth-order valence-electron chi connectivity index (χ4n) is 2.14. The molecular formula is C15H22N2O4S. The zero-order valence-corrected chi connectivity index (χ0v) is 14.1. The maximum atomic E-state index is 12.3. The van der Waals surface area contributed by atoms with Gasteiger partial charge in [0.2, 0.25) is 10.0 Å². The zero-order valence-electron chi connectivity index (χ0n) is 13.2. The van der Waals surface area contributed by atoms with Crippen LogP contribution in [-0.4, -0.2) is 39.3 Å². The summed E-state index contributed by atoms with van der Waals surface area (Å²) >= 11 is 0. The number of nitrogens with zero attached hydrogens (tertiary/aromatic N) is 1. The molecule has 0 aliphatic carbocycles. The van der Waals surface area contributed by atoms with E-state index in [1.807, 2.05) is 20.8 Å². The molecule has 0 saturated carbocycles. The van der Waals surface area contributed by atoms with Crippen molar-refractivity contribution in [2.24, 2.45) is 5.92 Å². The van der Waals surface area contributed by atoms with Crippen LogP contribution in [0.5, 0.6) is 5.75 Å². The summed E-state index contributed by atoms with van der Waals surface area (Å²) in [4.78, 5) is 12.3. The second-order valence-corrected chi connectivity index (χ2v) is 7.82. The Labute approximate surface area is 131 Å². The van der Waals surface area contributed by atoms with Crippen LogP contribution in [0.4, 0.5) is 5.69 Å². The van der Waals surface area contributed by atoms with E-state index < -0.39 is 16.1 Å². The fourth-order valence-corrected chi connectivity index (χ4v) is 3.05. The lowest BCUT2D eigenvalue weighted by atomic mass is 10.1. The highest BCUT2D eigenvalue weighted by atomic mass is 32.2. The van der Waals surface area contributed by atoms with Crippen LogP contribution < -0.4 is 14.4 Å². The van der Waals surface area contributed by atoms with Crippen molar-refractivity contribution in [2.45, 2.75) is 32.9 Å². The van der Waals surface area contributed by atoms with Gasteiger partial charge in [-0.15, -0.1) is 0 Å². The highest BCUT2D eigenvalue weighted by Crippen LogP contribution is 2.34. The van der Waals surface area contributed by atoms with Crippen molar-refractivity contribution in [3.05, 3.63) is 24.3 Å². The molecule has 2 unspecified atom stereocenters. The average Bonchev–Trinajstić information content (AvgIpc) is 2.44. The van der Waals surface area contributed by atoms with E-state index in [1.165, 1.54) is 4.31 Å². The first-order chi connectivity index (χ1) is 10.2. The Morgan fingerprint density at radius 3 is 2.55 bits per heavy atom. The van der Waals surface area contributed by atoms with Crippen molar-refractivity contribution < 1.29 is 17.9 Å². The van der Waals surface area contributed by atoms with Crippen LogP contribution in [-0.2, 0) is 14.8 Å². The van der Waals surface area contributed by atoms with Gasteiger partial charge in [-0.25, -0.2) is 8.42 Å². The lowest BCUT2D eigenvalue weighted by Crippen LogP contribution is -2.52. The molecule has 2 atom stereocenters. The number of para-hydroxylation sites is 2. The second-order valence-electron chi connectivity index (χ2n) is 5.91. The molecule has 1 amide bonds. The number of hydrogen-bond donors (Lipinski definition) is 1. The third-order valence-corrected chi connectivity index (χ3v) is 4.94. The van der Waals surface area contributed by atoms with E-state index in [1.54, 1.807) is 24.3 Å². The molecule has 2 rings (SSSR count). The molecule has 0 bridgehead atoms. The van der Waals surface area contributed by atoms with Crippen LogP contribution in [0, 0.1) is 5.92 Å². The first kappa shape index (κ1) is 16.6. The predicted molar refractivity (Wildman–Crippen MR) is 85.5 cm³/mol. The number of rotatable bonds is 4. The smallest absolute Gasteiger partial charge is 0.263 e. The minimum absolute atomic E-state index is 0.0139. The summed E-state index contributed by atoms with van der Waals surface area (Å²) in [6.45, 7) is 5.90. The van der Waals surface area contributed by atoms with Crippen molar-refractivity contribution in [3.63, 3.8) is 0 Å². The summed E-state index contributed by atoms with van der Waals surface area (Å²) in [6.07, 6.45) is 0.270. The average molecular weight is 326 g/mol. The lowest BCUT2D eigenvalue weighted by Gasteiger charge is -2.34. The molecule has 0 aromatic heterocycles. The van der Waals surface area contributed by atoms with Crippen molar-refractivity contribution in [2.75, 3.05) is 17.1 Å². The maximum absolute atomic E-state index is 12.3. The number of fused-ring (bicyclic) bond motifs is 1. The number of sulfonamides is 1. The predicted octanol–water partition coefficient (Wildman–Crippen LogP) is 1.37. The maximum Gasteiger partial charge on any atom is 0.263 e. The van der Waals surface area contributed by atoms with Crippen molar-refractivity contribution in [3.8, 4) is 5.75 Å². The Morgan fingerprint density at radius 2 is 1.95 bits per heavy atom. The Balaban J connectivity index is 2.26. The number of carbonyl (C=O) groups excluding carboxylic acids is 1. The Hall–Kier alpha value is -1.76. The Kier molecular flexibility index (Phi) is 4.65. The van der Waals surface area contributed by atoms with Gasteiger partial charge in [-0.2, -0.15) is 0 Å². The first-order valence-corrected chi connectivity index (χ1v) is 9.08. The number of amides is 1. The molecule has 1 aromatic rings. The number of anilines is 1. The minimum atomic E-state index is -3.48. The molecule has 1 aromatic carbocycles. The Bertz CT molecular complexity index is 657. The molecule has 1 aliphatic heterocycles. The van der Waals surface area contributed by atoms with E-state index in [0.717, 1.165) is 6.26 Å². The third kappa shape index (κ3) is 3.52. The third-order valence-electron chi connectivity index (χ3n) is 3.80. The van der Waals surface area contributed by atoms with Gasteiger partial charge in [0.25, 0.3) is 5.91 Å². The fraction of sp³-hybridized carbons (Fsp3) is 0.533. The van der Waals surface area contributed by atoms with Crippen molar-refractivity contribution >= 4 is 21.6 Å². The van der Waals surface area contributed by atoms with Gasteiger partial charge < -0.3 is 10.1 Å². The molecule has 6 nitrogen and oxygen atoms in total. The summed E-state index contributed by atoms with van der Waals surface area (Å²) in [6, 6.07) is 6.80. The van der Waals surface area contributed by atoms with Gasteiger partial charge in [0.05, 0.1) is 18.5 Å². The van der Waals surface area contributed by atoms with Gasteiger partial charge in [0, 0.05) is 6.04 Å². The molecule has 0 spiro atoms. The van der Waals surface area contributed by atoms with Crippen LogP contribution in [0.3, 0.4) is 0 Å². The first-order valence-electron chi connectivity index (χ1n) is 7.24. The Morgan fingerprint density at radius 1 is 1.32 bits per heavy atom. The highest BCUT2D eigenvalue weighted by molar-refractivity contribution is 7.92. The van der Waals surface area contributed by atoms with E-state index in [2.05, 4.69) is 5.32 Å². The minimum Gasteiger partial charge on any atom is -0.476 e. The van der Waals surface area contributed by atoms with Gasteiger partial charge in [0.15, 0.2) is 6.10 Å². The number of ether oxygens (including phenoxy) is 1. The number of carbonyl (C=O) groups is 1. The van der Waals surface area contributed by atoms with E-state index in [-0.39, 0.29) is 24.4 Å². The molecule has 1 aliphatic rings. The lowest BCUT2D eigenvalue weighted by molar-refractivity contribution is -0.128. The summed E-state index contributed by atoms with van der Waals surface area (Å²) < 4.78 is 30.9. The van der Waals surface area contributed by atoms with Crippen LogP contribution in [0.2, 0.25) is 0 Å². The molecule has 1 heterocycles. The molecule has 7 heteroatoms. The summed E-state index contributed by atoms with van der Waals surface area (Å²) in [7, 11) is -3.48. The molecule has 0 saturated heterocycles. The molecule has 122 valence electrons. The summed E-state index contributed by atoms with van der Waals surface area (Å²) in [5.41, 5.74) is 0.464. The van der Waals surface area contributed by atoms with Crippen LogP contribution in [0.15, 0.2) is 24.3 Å². The summed E-state index contributed by atoms with van der Waals surface area (Å²) in [5, 5.41) is 2.87. The van der Waals surface area contributed by atoms with Crippen molar-refractivity contribution in [1.82, 2.24) is 5.32 Å². The van der Waals surface area contributed by atoms with Gasteiger partial charge >= 0.3 is 0 Å². The molecular weight excluding hydrogens is 304 g/mol. The monoisotopic (exact) mass is 326 g/mol. The number of nitrogens with one attached hydrogen (secondary N) is 1.